The zero-order valence-corrected chi connectivity index (χ0v) is 13.5. The van der Waals surface area contributed by atoms with Gasteiger partial charge in [-0.3, -0.25) is 19.2 Å². The molecule has 23 heavy (non-hydrogen) atoms. The lowest BCUT2D eigenvalue weighted by molar-refractivity contribution is -0.140. The van der Waals surface area contributed by atoms with Crippen molar-refractivity contribution in [2.45, 2.75) is 12.3 Å². The molecular formula is C15H11BrN2O5. The summed E-state index contributed by atoms with van der Waals surface area (Å²) in [4.78, 5) is 47.7. The van der Waals surface area contributed by atoms with Gasteiger partial charge in [0, 0.05) is 10.0 Å². The van der Waals surface area contributed by atoms with Crippen LogP contribution in [0.5, 0.6) is 0 Å². The predicted molar refractivity (Wildman–Crippen MR) is 80.6 cm³/mol. The number of hydrogen-bond donors (Lipinski definition) is 2. The summed E-state index contributed by atoms with van der Waals surface area (Å²) in [5.41, 5.74) is -1.34. The Morgan fingerprint density at radius 2 is 2.09 bits per heavy atom. The number of nitrogens with zero attached hydrogens (tertiary/aromatic N) is 1. The number of carboxylic acid groups (broad SMARTS) is 1. The zero-order valence-electron chi connectivity index (χ0n) is 11.9. The van der Waals surface area contributed by atoms with Gasteiger partial charge < -0.3 is 10.4 Å². The fraction of sp³-hybridized carbons (Fsp3) is 0.267. The number of fused-ring (bicyclic) bond motifs is 1. The molecule has 0 radical (unpaired) electrons. The second-order valence-electron chi connectivity index (χ2n) is 5.20. The van der Waals surface area contributed by atoms with Crippen molar-refractivity contribution in [2.75, 3.05) is 6.54 Å². The lowest BCUT2D eigenvalue weighted by Gasteiger charge is -2.32. The zero-order chi connectivity index (χ0) is 17.4. The van der Waals surface area contributed by atoms with Crippen molar-refractivity contribution in [1.82, 2.24) is 5.32 Å². The van der Waals surface area contributed by atoms with Gasteiger partial charge in [0.05, 0.1) is 6.07 Å². The number of carboxylic acids is 1. The number of rotatable bonds is 3. The first-order chi connectivity index (χ1) is 10.7. The first-order valence-corrected chi connectivity index (χ1v) is 7.31. The Hall–Kier alpha value is -2.53. The summed E-state index contributed by atoms with van der Waals surface area (Å²) >= 11 is 3.22. The topological polar surface area (TPSA) is 124 Å². The summed E-state index contributed by atoms with van der Waals surface area (Å²) in [6.07, 6.45) is 0. The Morgan fingerprint density at radius 1 is 1.43 bits per heavy atom. The first-order valence-electron chi connectivity index (χ1n) is 6.51. The van der Waals surface area contributed by atoms with Crippen molar-refractivity contribution in [3.8, 4) is 6.07 Å². The number of ketones is 2. The van der Waals surface area contributed by atoms with E-state index in [4.69, 9.17) is 5.11 Å². The van der Waals surface area contributed by atoms with E-state index in [1.165, 1.54) is 19.1 Å². The van der Waals surface area contributed by atoms with Gasteiger partial charge in [-0.15, -0.1) is 0 Å². The molecule has 2 N–H and O–H groups in total. The van der Waals surface area contributed by atoms with Gasteiger partial charge in [-0.05, 0) is 30.7 Å². The van der Waals surface area contributed by atoms with E-state index in [-0.39, 0.29) is 11.1 Å². The normalized spacial score (nSPS) is 22.9. The fourth-order valence-corrected chi connectivity index (χ4v) is 2.82. The number of nitrogens with one attached hydrogen (secondary N) is 1. The van der Waals surface area contributed by atoms with E-state index in [0.29, 0.717) is 4.47 Å². The fourth-order valence-electron chi connectivity index (χ4n) is 2.46. The Kier molecular flexibility index (Phi) is 4.34. The van der Waals surface area contributed by atoms with Crippen LogP contribution in [-0.4, -0.2) is 35.1 Å². The number of amides is 1. The number of aliphatic carboxylic acids is 1. The minimum absolute atomic E-state index is 0.104. The molecule has 118 valence electrons. The molecule has 1 aromatic carbocycles. The average molecular weight is 379 g/mol. The summed E-state index contributed by atoms with van der Waals surface area (Å²) in [5, 5.41) is 20.0. The van der Waals surface area contributed by atoms with E-state index in [0.717, 1.165) is 0 Å². The van der Waals surface area contributed by atoms with Crippen LogP contribution in [0.1, 0.15) is 22.8 Å². The molecule has 1 unspecified atom stereocenters. The van der Waals surface area contributed by atoms with Crippen molar-refractivity contribution >= 4 is 39.4 Å². The second-order valence-corrected chi connectivity index (χ2v) is 6.12. The van der Waals surface area contributed by atoms with Gasteiger partial charge in [-0.1, -0.05) is 15.9 Å². The van der Waals surface area contributed by atoms with Gasteiger partial charge in [-0.25, -0.2) is 0 Å². The lowest BCUT2D eigenvalue weighted by Crippen LogP contribution is -2.52. The second kappa shape index (κ2) is 5.93. The van der Waals surface area contributed by atoms with E-state index in [2.05, 4.69) is 15.9 Å². The number of halogens is 1. The highest BCUT2D eigenvalue weighted by Gasteiger charge is 2.52. The third-order valence-corrected chi connectivity index (χ3v) is 4.20. The molecule has 1 aliphatic carbocycles. The minimum Gasteiger partial charge on any atom is -0.480 e. The molecule has 0 aromatic heterocycles. The maximum atomic E-state index is 12.6. The van der Waals surface area contributed by atoms with Gasteiger partial charge in [0.25, 0.3) is 0 Å². The standard InChI is InChI=1S/C15H11BrN2O5/c1-15(6-17)9-4-7(16)2-3-8(9)12(21)11(13(15)22)14(23)18-5-10(19)20/h2-4,11H,5H2,1H3,(H,18,23)(H,19,20)/t11?,15-/m0/s1. The Bertz CT molecular complexity index is 783. The van der Waals surface area contributed by atoms with Crippen LogP contribution >= 0.6 is 15.9 Å². The van der Waals surface area contributed by atoms with Crippen LogP contribution in [0.2, 0.25) is 0 Å². The number of benzene rings is 1. The molecule has 2 atom stereocenters. The summed E-state index contributed by atoms with van der Waals surface area (Å²) in [6.45, 7) is 0.622. The van der Waals surface area contributed by atoms with E-state index in [1.54, 1.807) is 6.07 Å². The van der Waals surface area contributed by atoms with E-state index < -0.39 is 41.3 Å². The Labute approximate surface area is 139 Å². The molecule has 7 nitrogen and oxygen atoms in total. The van der Waals surface area contributed by atoms with Gasteiger partial charge in [0.2, 0.25) is 5.91 Å². The van der Waals surface area contributed by atoms with Crippen molar-refractivity contribution in [2.24, 2.45) is 5.92 Å². The van der Waals surface area contributed by atoms with Gasteiger partial charge in [0.15, 0.2) is 17.5 Å². The third-order valence-electron chi connectivity index (χ3n) is 3.70. The van der Waals surface area contributed by atoms with Gasteiger partial charge in [0.1, 0.15) is 12.0 Å². The summed E-state index contributed by atoms with van der Waals surface area (Å²) in [6, 6.07) is 6.36. The van der Waals surface area contributed by atoms with Crippen LogP contribution in [0.3, 0.4) is 0 Å². The molecular weight excluding hydrogens is 368 g/mol. The van der Waals surface area contributed by atoms with Crippen LogP contribution in [-0.2, 0) is 19.8 Å². The number of hydrogen-bond acceptors (Lipinski definition) is 5. The maximum Gasteiger partial charge on any atom is 0.322 e. The predicted octanol–water partition coefficient (Wildman–Crippen LogP) is 0.813. The highest BCUT2D eigenvalue weighted by Crippen LogP contribution is 2.38. The SMILES string of the molecule is C[C@@]1(C#N)C(=O)C(C(=O)NCC(=O)O)C(=O)c2ccc(Br)cc21. The molecule has 1 aromatic rings. The quantitative estimate of drug-likeness (QED) is 0.749. The maximum absolute atomic E-state index is 12.6. The van der Waals surface area contributed by atoms with Crippen LogP contribution in [0, 0.1) is 17.2 Å². The third kappa shape index (κ3) is 2.75. The molecule has 0 aliphatic heterocycles. The van der Waals surface area contributed by atoms with Crippen molar-refractivity contribution in [3.05, 3.63) is 33.8 Å². The Morgan fingerprint density at radius 3 is 2.65 bits per heavy atom. The number of carbonyl (C=O) groups excluding carboxylic acids is 3. The van der Waals surface area contributed by atoms with E-state index >= 15 is 0 Å². The number of nitriles is 1. The van der Waals surface area contributed by atoms with Crippen LogP contribution in [0.15, 0.2) is 22.7 Å². The summed E-state index contributed by atoms with van der Waals surface area (Å²) in [7, 11) is 0. The minimum atomic E-state index is -1.73. The van der Waals surface area contributed by atoms with E-state index in [9.17, 15) is 24.4 Å². The lowest BCUT2D eigenvalue weighted by atomic mass is 9.66. The van der Waals surface area contributed by atoms with Crippen LogP contribution in [0.4, 0.5) is 0 Å². The number of carbonyl (C=O) groups is 4. The summed E-state index contributed by atoms with van der Waals surface area (Å²) < 4.78 is 0.590. The highest BCUT2D eigenvalue weighted by atomic mass is 79.9. The highest BCUT2D eigenvalue weighted by molar-refractivity contribution is 9.10. The number of Topliss-reactive ketones (excluding diaryl/α,β-unsaturated/α-hetero) is 2. The van der Waals surface area contributed by atoms with Gasteiger partial charge >= 0.3 is 5.97 Å². The molecule has 0 saturated heterocycles. The molecule has 1 aliphatic rings. The van der Waals surface area contributed by atoms with Gasteiger partial charge in [-0.2, -0.15) is 5.26 Å². The van der Waals surface area contributed by atoms with Crippen LogP contribution in [0.25, 0.3) is 0 Å². The molecule has 2 rings (SSSR count). The molecule has 0 saturated carbocycles. The first kappa shape index (κ1) is 16.8. The van der Waals surface area contributed by atoms with Crippen molar-refractivity contribution < 1.29 is 24.3 Å². The summed E-state index contributed by atoms with van der Waals surface area (Å²) in [5.74, 6) is -5.65. The molecule has 0 heterocycles. The molecule has 0 bridgehead atoms. The smallest absolute Gasteiger partial charge is 0.322 e. The van der Waals surface area contributed by atoms with Crippen molar-refractivity contribution in [1.29, 1.82) is 5.26 Å². The van der Waals surface area contributed by atoms with E-state index in [1.807, 2.05) is 11.4 Å². The largest absolute Gasteiger partial charge is 0.480 e. The van der Waals surface area contributed by atoms with Crippen LogP contribution < -0.4 is 5.32 Å². The average Bonchev–Trinajstić information content (AvgIpc) is 2.50. The Balaban J connectivity index is 2.53. The van der Waals surface area contributed by atoms with Crippen molar-refractivity contribution in [3.63, 3.8) is 0 Å². The molecule has 8 heteroatoms. The molecule has 1 amide bonds. The monoisotopic (exact) mass is 378 g/mol. The molecule has 0 fully saturated rings. The molecule has 0 spiro atoms.